The van der Waals surface area contributed by atoms with Crippen LogP contribution in [0.2, 0.25) is 0 Å². The number of H-pyrrole nitrogens is 1. The first-order valence-electron chi connectivity index (χ1n) is 7.27. The molecule has 6 heteroatoms. The van der Waals surface area contributed by atoms with Crippen LogP contribution in [0.1, 0.15) is 17.5 Å². The number of para-hydroxylation sites is 1. The number of hydrazone groups is 1. The van der Waals surface area contributed by atoms with Gasteiger partial charge in [-0.3, -0.25) is 5.43 Å². The molecule has 0 bridgehead atoms. The molecule has 0 amide bonds. The number of aromatic nitrogens is 3. The first kappa shape index (κ1) is 13.4. The largest absolute Gasteiger partial charge is 0.463 e. The Morgan fingerprint density at radius 2 is 2.22 bits per heavy atom. The van der Waals surface area contributed by atoms with Gasteiger partial charge < -0.3 is 14.0 Å². The van der Waals surface area contributed by atoms with Gasteiger partial charge in [-0.1, -0.05) is 18.2 Å². The molecule has 1 aromatic carbocycles. The number of nitrogens with one attached hydrogen (secondary N) is 2. The number of aromatic amines is 1. The first-order chi connectivity index (χ1) is 11.4. The lowest BCUT2D eigenvalue weighted by molar-refractivity contribution is 0.485. The van der Waals surface area contributed by atoms with Crippen LogP contribution in [0, 0.1) is 0 Å². The van der Waals surface area contributed by atoms with Gasteiger partial charge in [-0.05, 0) is 18.2 Å². The van der Waals surface area contributed by atoms with E-state index in [1.54, 1.807) is 25.0 Å². The van der Waals surface area contributed by atoms with Gasteiger partial charge in [0.05, 0.1) is 18.8 Å². The van der Waals surface area contributed by atoms with Gasteiger partial charge in [0.15, 0.2) is 0 Å². The number of benzene rings is 1. The molecule has 0 saturated carbocycles. The molecule has 0 radical (unpaired) electrons. The van der Waals surface area contributed by atoms with E-state index in [1.165, 1.54) is 0 Å². The van der Waals surface area contributed by atoms with Crippen molar-refractivity contribution >= 4 is 17.1 Å². The second-order valence-electron chi connectivity index (χ2n) is 5.10. The van der Waals surface area contributed by atoms with Crippen molar-refractivity contribution in [3.8, 4) is 0 Å². The molecule has 0 saturated heterocycles. The van der Waals surface area contributed by atoms with Gasteiger partial charge in [0.2, 0.25) is 0 Å². The third kappa shape index (κ3) is 2.62. The lowest BCUT2D eigenvalue weighted by Crippen LogP contribution is -2.22. The highest BCUT2D eigenvalue weighted by Gasteiger charge is 2.16. The average Bonchev–Trinajstić information content (AvgIpc) is 3.32. The van der Waals surface area contributed by atoms with Crippen LogP contribution in [0.5, 0.6) is 0 Å². The molecule has 3 heterocycles. The highest BCUT2D eigenvalue weighted by Crippen LogP contribution is 2.25. The van der Waals surface area contributed by atoms with E-state index >= 15 is 0 Å². The highest BCUT2D eigenvalue weighted by molar-refractivity contribution is 5.83. The Morgan fingerprint density at radius 1 is 1.26 bits per heavy atom. The van der Waals surface area contributed by atoms with Crippen molar-refractivity contribution in [3.63, 3.8) is 0 Å². The Hall–Kier alpha value is -3.28. The van der Waals surface area contributed by atoms with Crippen LogP contribution >= 0.6 is 0 Å². The number of nitrogens with zero attached hydrogens (tertiary/aromatic N) is 3. The fourth-order valence-corrected chi connectivity index (χ4v) is 2.58. The number of rotatable bonds is 5. The Bertz CT molecular complexity index is 906. The van der Waals surface area contributed by atoms with Gasteiger partial charge in [0.1, 0.15) is 11.9 Å². The van der Waals surface area contributed by atoms with E-state index in [0.717, 1.165) is 16.5 Å². The van der Waals surface area contributed by atoms with Crippen LogP contribution in [0.25, 0.3) is 10.9 Å². The monoisotopic (exact) mass is 305 g/mol. The van der Waals surface area contributed by atoms with Crippen LogP contribution in [-0.2, 0) is 0 Å². The summed E-state index contributed by atoms with van der Waals surface area (Å²) < 4.78 is 7.22. The lowest BCUT2D eigenvalue weighted by Gasteiger charge is -2.17. The summed E-state index contributed by atoms with van der Waals surface area (Å²) in [7, 11) is 0. The summed E-state index contributed by atoms with van der Waals surface area (Å²) in [6.45, 7) is 0. The minimum absolute atomic E-state index is 0.167. The zero-order valence-electron chi connectivity index (χ0n) is 12.3. The fraction of sp³-hybridized carbons (Fsp3) is 0.0588. The van der Waals surface area contributed by atoms with Gasteiger partial charge in [0, 0.05) is 35.1 Å². The van der Waals surface area contributed by atoms with Crippen molar-refractivity contribution in [1.82, 2.24) is 20.0 Å². The van der Waals surface area contributed by atoms with E-state index in [9.17, 15) is 0 Å². The standard InChI is InChI=1S/C17H15N5O/c1-2-6-16-14(5-1)15(11-19-16)17(22-8-7-18-12-22)21-20-10-13-4-3-9-23-13/h1-12,17,19,21H. The zero-order valence-corrected chi connectivity index (χ0v) is 12.3. The maximum absolute atomic E-state index is 5.25. The molecule has 4 aromatic rings. The van der Waals surface area contributed by atoms with Crippen molar-refractivity contribution < 1.29 is 4.42 Å². The molecule has 1 atom stereocenters. The second kappa shape index (κ2) is 5.84. The smallest absolute Gasteiger partial charge is 0.148 e. The van der Waals surface area contributed by atoms with E-state index in [1.807, 2.05) is 41.2 Å². The molecule has 6 nitrogen and oxygen atoms in total. The molecule has 114 valence electrons. The molecule has 2 N–H and O–H groups in total. The van der Waals surface area contributed by atoms with E-state index < -0.39 is 0 Å². The van der Waals surface area contributed by atoms with Crippen molar-refractivity contribution in [2.45, 2.75) is 6.17 Å². The molecule has 1 unspecified atom stereocenters. The second-order valence-corrected chi connectivity index (χ2v) is 5.10. The molecular weight excluding hydrogens is 290 g/mol. The summed E-state index contributed by atoms with van der Waals surface area (Å²) in [5, 5.41) is 5.45. The average molecular weight is 305 g/mol. The van der Waals surface area contributed by atoms with Crippen LogP contribution in [0.15, 0.2) is 77.1 Å². The molecule has 0 fully saturated rings. The molecule has 0 aliphatic rings. The summed E-state index contributed by atoms with van der Waals surface area (Å²) in [4.78, 5) is 7.42. The van der Waals surface area contributed by atoms with Crippen molar-refractivity contribution in [2.24, 2.45) is 5.10 Å². The molecule has 0 aliphatic heterocycles. The van der Waals surface area contributed by atoms with Crippen LogP contribution in [0.3, 0.4) is 0 Å². The SMILES string of the molecule is C(=NNC(c1c[nH]c2ccccc12)n1ccnc1)c1ccco1. The van der Waals surface area contributed by atoms with E-state index in [4.69, 9.17) is 4.42 Å². The molecule has 4 rings (SSSR count). The molecule has 0 aliphatic carbocycles. The van der Waals surface area contributed by atoms with E-state index in [0.29, 0.717) is 5.76 Å². The Kier molecular flexibility index (Phi) is 3.40. The number of fused-ring (bicyclic) bond motifs is 1. The van der Waals surface area contributed by atoms with Crippen LogP contribution < -0.4 is 5.43 Å². The third-order valence-electron chi connectivity index (χ3n) is 3.67. The van der Waals surface area contributed by atoms with Crippen molar-refractivity contribution in [2.75, 3.05) is 0 Å². The van der Waals surface area contributed by atoms with Crippen molar-refractivity contribution in [1.29, 1.82) is 0 Å². The predicted octanol–water partition coefficient (Wildman–Crippen LogP) is 3.13. The van der Waals surface area contributed by atoms with Crippen LogP contribution in [-0.4, -0.2) is 20.7 Å². The Labute approximate surface area is 132 Å². The number of imidazole rings is 1. The lowest BCUT2D eigenvalue weighted by atomic mass is 10.1. The van der Waals surface area contributed by atoms with Gasteiger partial charge in [0.25, 0.3) is 0 Å². The van der Waals surface area contributed by atoms with E-state index in [2.05, 4.69) is 32.6 Å². The summed E-state index contributed by atoms with van der Waals surface area (Å²) in [5.41, 5.74) is 5.35. The van der Waals surface area contributed by atoms with Gasteiger partial charge >= 0.3 is 0 Å². The first-order valence-corrected chi connectivity index (χ1v) is 7.27. The summed E-state index contributed by atoms with van der Waals surface area (Å²) in [5.74, 6) is 0.695. The topological polar surface area (TPSA) is 71.1 Å². The molecule has 0 spiro atoms. The minimum Gasteiger partial charge on any atom is -0.463 e. The molecular formula is C17H15N5O. The predicted molar refractivity (Wildman–Crippen MR) is 88.1 cm³/mol. The number of hydrogen-bond acceptors (Lipinski definition) is 4. The van der Waals surface area contributed by atoms with Crippen molar-refractivity contribution in [3.05, 3.63) is 78.9 Å². The maximum Gasteiger partial charge on any atom is 0.148 e. The molecule has 3 aromatic heterocycles. The Morgan fingerprint density at radius 3 is 3.04 bits per heavy atom. The van der Waals surface area contributed by atoms with Gasteiger partial charge in [-0.25, -0.2) is 4.98 Å². The summed E-state index contributed by atoms with van der Waals surface area (Å²) in [6, 6.07) is 11.9. The van der Waals surface area contributed by atoms with Crippen LogP contribution in [0.4, 0.5) is 0 Å². The Balaban J connectivity index is 1.68. The highest BCUT2D eigenvalue weighted by atomic mass is 16.3. The molecule has 23 heavy (non-hydrogen) atoms. The summed E-state index contributed by atoms with van der Waals surface area (Å²) >= 11 is 0. The number of furan rings is 1. The quantitative estimate of drug-likeness (QED) is 0.439. The minimum atomic E-state index is -0.167. The zero-order chi connectivity index (χ0) is 15.5. The normalized spacial score (nSPS) is 12.9. The maximum atomic E-state index is 5.25. The van der Waals surface area contributed by atoms with Gasteiger partial charge in [-0.15, -0.1) is 0 Å². The van der Waals surface area contributed by atoms with E-state index in [-0.39, 0.29) is 6.17 Å². The van der Waals surface area contributed by atoms with Gasteiger partial charge in [-0.2, -0.15) is 5.10 Å². The fourth-order valence-electron chi connectivity index (χ4n) is 2.58. The third-order valence-corrected chi connectivity index (χ3v) is 3.67. The number of hydrogen-bond donors (Lipinski definition) is 2. The summed E-state index contributed by atoms with van der Waals surface area (Å²) in [6.07, 6.45) is 10.5.